The van der Waals surface area contributed by atoms with Crippen molar-refractivity contribution in [3.63, 3.8) is 0 Å². The predicted molar refractivity (Wildman–Crippen MR) is 138 cm³/mol. The number of hydrogen-bond donors (Lipinski definition) is 0. The smallest absolute Gasteiger partial charge is 0.169 e. The van der Waals surface area contributed by atoms with Gasteiger partial charge in [-0.1, -0.05) is 123 Å². The molecule has 4 heteroatoms. The van der Waals surface area contributed by atoms with Crippen molar-refractivity contribution in [1.82, 2.24) is 0 Å². The number of ether oxygens (including phenoxy) is 2. The van der Waals surface area contributed by atoms with E-state index in [2.05, 4.69) is 123 Å². The molecule has 32 heavy (non-hydrogen) atoms. The maximum atomic E-state index is 6.25. The summed E-state index contributed by atoms with van der Waals surface area (Å²) in [5, 5.41) is 0. The van der Waals surface area contributed by atoms with Gasteiger partial charge in [0, 0.05) is 31.5 Å². The molecule has 0 unspecified atom stereocenters. The Morgan fingerprint density at radius 2 is 1.03 bits per heavy atom. The van der Waals surface area contributed by atoms with Crippen molar-refractivity contribution in [2.24, 2.45) is 5.41 Å². The molecule has 1 saturated carbocycles. The maximum Gasteiger partial charge on any atom is 0.169 e. The van der Waals surface area contributed by atoms with Gasteiger partial charge in [0.25, 0.3) is 0 Å². The summed E-state index contributed by atoms with van der Waals surface area (Å²) < 4.78 is 12.5. The third-order valence-electron chi connectivity index (χ3n) is 6.77. The summed E-state index contributed by atoms with van der Waals surface area (Å²) in [6.07, 6.45) is 1.53. The van der Waals surface area contributed by atoms with Gasteiger partial charge in [0.15, 0.2) is 5.79 Å². The molecule has 0 bridgehead atoms. The van der Waals surface area contributed by atoms with Gasteiger partial charge in [-0.25, -0.2) is 0 Å². The van der Waals surface area contributed by atoms with Gasteiger partial charge in [0.2, 0.25) is 0 Å². The number of hydrogen-bond acceptors (Lipinski definition) is 2. The Morgan fingerprint density at radius 3 is 1.31 bits per heavy atom. The SMILES string of the molecule is CCOC1(OCC)CC(C(Br)Br)(C(c2ccccc2)(c2ccccc2)c2ccccc2)C1. The fourth-order valence-corrected chi connectivity index (χ4v) is 7.03. The summed E-state index contributed by atoms with van der Waals surface area (Å²) in [5.41, 5.74) is 3.15. The van der Waals surface area contributed by atoms with Crippen LogP contribution in [0.2, 0.25) is 0 Å². The van der Waals surface area contributed by atoms with E-state index in [4.69, 9.17) is 9.47 Å². The number of halogens is 2. The van der Waals surface area contributed by atoms with Crippen molar-refractivity contribution in [2.45, 2.75) is 41.6 Å². The molecule has 1 aliphatic carbocycles. The third-order valence-corrected chi connectivity index (χ3v) is 8.52. The minimum absolute atomic E-state index is 0.0390. The molecule has 0 amide bonds. The van der Waals surface area contributed by atoms with E-state index in [9.17, 15) is 0 Å². The first-order valence-electron chi connectivity index (χ1n) is 11.3. The van der Waals surface area contributed by atoms with E-state index >= 15 is 0 Å². The predicted octanol–water partition coefficient (Wildman–Crippen LogP) is 7.69. The van der Waals surface area contributed by atoms with Gasteiger partial charge in [0.1, 0.15) is 0 Å². The summed E-state index contributed by atoms with van der Waals surface area (Å²) >= 11 is 7.99. The van der Waals surface area contributed by atoms with Crippen molar-refractivity contribution < 1.29 is 9.47 Å². The van der Waals surface area contributed by atoms with Crippen LogP contribution in [0.3, 0.4) is 0 Å². The van der Waals surface area contributed by atoms with Gasteiger partial charge < -0.3 is 9.47 Å². The Bertz CT molecular complexity index is 879. The Labute approximate surface area is 208 Å². The molecule has 3 aromatic rings. The molecule has 1 aliphatic rings. The molecule has 0 spiro atoms. The van der Waals surface area contributed by atoms with Crippen LogP contribution < -0.4 is 0 Å². The Morgan fingerprint density at radius 1 is 0.688 bits per heavy atom. The quantitative estimate of drug-likeness (QED) is 0.152. The summed E-state index contributed by atoms with van der Waals surface area (Å²) in [7, 11) is 0. The first-order chi connectivity index (χ1) is 15.5. The molecule has 2 nitrogen and oxygen atoms in total. The van der Waals surface area contributed by atoms with Crippen molar-refractivity contribution in [2.75, 3.05) is 13.2 Å². The highest BCUT2D eigenvalue weighted by atomic mass is 79.9. The van der Waals surface area contributed by atoms with Crippen LogP contribution in [-0.4, -0.2) is 22.7 Å². The second-order valence-electron chi connectivity index (χ2n) is 8.44. The highest BCUT2D eigenvalue weighted by molar-refractivity contribution is 9.24. The molecule has 0 heterocycles. The molecule has 0 aliphatic heterocycles. The molecule has 168 valence electrons. The minimum Gasteiger partial charge on any atom is -0.350 e. The lowest BCUT2D eigenvalue weighted by Crippen LogP contribution is -2.66. The second kappa shape index (κ2) is 9.80. The summed E-state index contributed by atoms with van der Waals surface area (Å²) in [5.74, 6) is -0.577. The van der Waals surface area contributed by atoms with Crippen LogP contribution >= 0.6 is 31.9 Å². The van der Waals surface area contributed by atoms with Gasteiger partial charge in [0.05, 0.1) is 9.15 Å². The number of benzene rings is 3. The van der Waals surface area contributed by atoms with Crippen LogP contribution in [0.25, 0.3) is 0 Å². The zero-order chi connectivity index (χ0) is 22.7. The zero-order valence-corrected chi connectivity index (χ0v) is 21.8. The van der Waals surface area contributed by atoms with Crippen molar-refractivity contribution in [3.8, 4) is 0 Å². The molecule has 0 saturated heterocycles. The van der Waals surface area contributed by atoms with Crippen molar-refractivity contribution in [1.29, 1.82) is 0 Å². The highest BCUT2D eigenvalue weighted by Crippen LogP contribution is 2.69. The lowest BCUT2D eigenvalue weighted by Gasteiger charge is -2.64. The number of rotatable bonds is 9. The maximum absolute atomic E-state index is 6.25. The van der Waals surface area contributed by atoms with Crippen LogP contribution in [0.4, 0.5) is 0 Å². The average Bonchev–Trinajstić information content (AvgIpc) is 2.80. The minimum atomic E-state index is -0.577. The van der Waals surface area contributed by atoms with E-state index in [0.29, 0.717) is 13.2 Å². The summed E-state index contributed by atoms with van der Waals surface area (Å²) in [6, 6.07) is 32.6. The average molecular weight is 558 g/mol. The van der Waals surface area contributed by atoms with E-state index in [-0.39, 0.29) is 9.15 Å². The normalized spacial score (nSPS) is 17.2. The van der Waals surface area contributed by atoms with Crippen LogP contribution in [0, 0.1) is 5.41 Å². The zero-order valence-electron chi connectivity index (χ0n) is 18.6. The molecular weight excluding hydrogens is 528 g/mol. The van der Waals surface area contributed by atoms with Crippen LogP contribution in [0.15, 0.2) is 91.0 Å². The van der Waals surface area contributed by atoms with Crippen molar-refractivity contribution >= 4 is 31.9 Å². The number of alkyl halides is 2. The van der Waals surface area contributed by atoms with E-state index in [1.165, 1.54) is 16.7 Å². The van der Waals surface area contributed by atoms with E-state index in [1.807, 2.05) is 13.8 Å². The molecule has 1 fully saturated rings. The first-order valence-corrected chi connectivity index (χ1v) is 13.1. The molecule has 0 N–H and O–H groups in total. The Hall–Kier alpha value is -1.46. The molecule has 0 radical (unpaired) electrons. The lowest BCUT2D eigenvalue weighted by atomic mass is 9.45. The molecular formula is C28H30Br2O2. The Balaban J connectivity index is 2.03. The first kappa shape index (κ1) is 23.7. The van der Waals surface area contributed by atoms with E-state index in [0.717, 1.165) is 12.8 Å². The van der Waals surface area contributed by atoms with Crippen LogP contribution in [0.5, 0.6) is 0 Å². The fraction of sp³-hybridized carbons (Fsp3) is 0.357. The monoisotopic (exact) mass is 556 g/mol. The fourth-order valence-electron chi connectivity index (χ4n) is 5.69. The van der Waals surface area contributed by atoms with Gasteiger partial charge in [-0.2, -0.15) is 0 Å². The molecule has 3 aromatic carbocycles. The van der Waals surface area contributed by atoms with E-state index in [1.54, 1.807) is 0 Å². The second-order valence-corrected chi connectivity index (χ2v) is 11.5. The van der Waals surface area contributed by atoms with Gasteiger partial charge in [-0.05, 0) is 30.5 Å². The van der Waals surface area contributed by atoms with Gasteiger partial charge in [-0.3, -0.25) is 0 Å². The molecule has 0 aromatic heterocycles. The van der Waals surface area contributed by atoms with Crippen LogP contribution in [-0.2, 0) is 14.9 Å². The summed E-state index contributed by atoms with van der Waals surface area (Å²) in [6.45, 7) is 5.33. The van der Waals surface area contributed by atoms with Crippen LogP contribution in [0.1, 0.15) is 43.4 Å². The molecule has 4 rings (SSSR count). The largest absolute Gasteiger partial charge is 0.350 e. The third kappa shape index (κ3) is 3.79. The topological polar surface area (TPSA) is 18.5 Å². The van der Waals surface area contributed by atoms with Crippen molar-refractivity contribution in [3.05, 3.63) is 108 Å². The highest BCUT2D eigenvalue weighted by Gasteiger charge is 2.69. The van der Waals surface area contributed by atoms with E-state index < -0.39 is 11.2 Å². The summed E-state index contributed by atoms with van der Waals surface area (Å²) in [4.78, 5) is 0. The Kier molecular flexibility index (Phi) is 7.26. The lowest BCUT2D eigenvalue weighted by molar-refractivity contribution is -0.319. The molecule has 0 atom stereocenters. The standard InChI is InChI=1S/C28H30Br2O2/c1-3-31-27(32-4-2)20-26(21-27,25(29)30)28(22-14-8-5-9-15-22,23-16-10-6-11-17-23)24-18-12-7-13-19-24/h5-19,25H,3-4,20-21H2,1-2H3. The van der Waals surface area contributed by atoms with Gasteiger partial charge >= 0.3 is 0 Å². The van der Waals surface area contributed by atoms with Gasteiger partial charge in [-0.15, -0.1) is 0 Å².